The van der Waals surface area contributed by atoms with Crippen molar-refractivity contribution in [2.45, 2.75) is 26.3 Å². The molecule has 0 spiro atoms. The summed E-state index contributed by atoms with van der Waals surface area (Å²) in [5, 5.41) is 6.51. The molecule has 4 heteroatoms. The Morgan fingerprint density at radius 2 is 2.16 bits per heavy atom. The highest BCUT2D eigenvalue weighted by atomic mass is 79.9. The summed E-state index contributed by atoms with van der Waals surface area (Å²) >= 11 is 11.5. The van der Waals surface area contributed by atoms with Crippen LogP contribution >= 0.6 is 38.9 Å². The van der Waals surface area contributed by atoms with Crippen molar-refractivity contribution in [2.75, 3.05) is 6.54 Å². The fraction of sp³-hybridized carbons (Fsp3) is 0.333. The summed E-state index contributed by atoms with van der Waals surface area (Å²) in [6, 6.07) is 8.59. The number of hydrogen-bond acceptors (Lipinski definition) is 2. The molecule has 1 unspecified atom stereocenters. The van der Waals surface area contributed by atoms with E-state index in [1.807, 2.05) is 12.1 Å². The summed E-state index contributed by atoms with van der Waals surface area (Å²) in [7, 11) is 0. The Morgan fingerprint density at radius 3 is 2.74 bits per heavy atom. The first-order valence-corrected chi connectivity index (χ1v) is 8.41. The van der Waals surface area contributed by atoms with E-state index in [1.165, 1.54) is 16.0 Å². The highest BCUT2D eigenvalue weighted by molar-refractivity contribution is 9.10. The zero-order valence-corrected chi connectivity index (χ0v) is 14.2. The van der Waals surface area contributed by atoms with Crippen molar-refractivity contribution in [3.05, 3.63) is 55.1 Å². The van der Waals surface area contributed by atoms with Gasteiger partial charge in [-0.15, -0.1) is 11.3 Å². The number of rotatable bonds is 5. The van der Waals surface area contributed by atoms with Crippen molar-refractivity contribution in [2.24, 2.45) is 0 Å². The quantitative estimate of drug-likeness (QED) is 0.737. The average molecular weight is 359 g/mol. The second kappa shape index (κ2) is 6.89. The largest absolute Gasteiger partial charge is 0.306 e. The van der Waals surface area contributed by atoms with E-state index in [-0.39, 0.29) is 6.04 Å². The smallest absolute Gasteiger partial charge is 0.0588 e. The summed E-state index contributed by atoms with van der Waals surface area (Å²) < 4.78 is 0.939. The fourth-order valence-electron chi connectivity index (χ4n) is 2.08. The molecule has 0 aliphatic carbocycles. The first kappa shape index (κ1) is 15.0. The molecule has 102 valence electrons. The highest BCUT2D eigenvalue weighted by Gasteiger charge is 2.17. The molecule has 1 aromatic heterocycles. The highest BCUT2D eigenvalue weighted by Crippen LogP contribution is 2.32. The third kappa shape index (κ3) is 3.60. The maximum absolute atomic E-state index is 6.22. The standard InChI is InChI=1S/C15H17BrClNS/c1-3-7-18-15(12-6-8-19-10(12)2)11-4-5-13(16)14(17)9-11/h4-6,8-9,15,18H,3,7H2,1-2H3. The molecule has 0 aliphatic heterocycles. The van der Waals surface area contributed by atoms with Gasteiger partial charge in [0.25, 0.3) is 0 Å². The molecule has 0 amide bonds. The van der Waals surface area contributed by atoms with Crippen LogP contribution in [0.15, 0.2) is 34.1 Å². The lowest BCUT2D eigenvalue weighted by molar-refractivity contribution is 0.598. The van der Waals surface area contributed by atoms with Crippen LogP contribution in [0.4, 0.5) is 0 Å². The van der Waals surface area contributed by atoms with Gasteiger partial charge in [-0.25, -0.2) is 0 Å². The second-order valence-corrected chi connectivity index (χ2v) is 6.87. The Kier molecular flexibility index (Phi) is 5.46. The van der Waals surface area contributed by atoms with Gasteiger partial charge in [0.2, 0.25) is 0 Å². The van der Waals surface area contributed by atoms with Gasteiger partial charge >= 0.3 is 0 Å². The molecule has 1 atom stereocenters. The molecule has 0 saturated heterocycles. The Balaban J connectivity index is 2.37. The number of hydrogen-bond donors (Lipinski definition) is 1. The van der Waals surface area contributed by atoms with Gasteiger partial charge in [0.15, 0.2) is 0 Å². The maximum Gasteiger partial charge on any atom is 0.0588 e. The minimum Gasteiger partial charge on any atom is -0.306 e. The summed E-state index contributed by atoms with van der Waals surface area (Å²) in [6.45, 7) is 5.34. The number of halogens is 2. The second-order valence-electron chi connectivity index (χ2n) is 4.49. The lowest BCUT2D eigenvalue weighted by Gasteiger charge is -2.20. The van der Waals surface area contributed by atoms with Crippen molar-refractivity contribution in [3.63, 3.8) is 0 Å². The van der Waals surface area contributed by atoms with Gasteiger partial charge in [-0.05, 0) is 70.5 Å². The SMILES string of the molecule is CCCNC(c1ccc(Br)c(Cl)c1)c1ccsc1C. The molecule has 0 aliphatic rings. The van der Waals surface area contributed by atoms with Crippen molar-refractivity contribution in [1.29, 1.82) is 0 Å². The predicted molar refractivity (Wildman–Crippen MR) is 88.3 cm³/mol. The Hall–Kier alpha value is -0.350. The van der Waals surface area contributed by atoms with E-state index < -0.39 is 0 Å². The summed E-state index contributed by atoms with van der Waals surface area (Å²) in [4.78, 5) is 1.35. The molecule has 1 heterocycles. The van der Waals surface area contributed by atoms with Crippen molar-refractivity contribution >= 4 is 38.9 Å². The molecule has 0 radical (unpaired) electrons. The van der Waals surface area contributed by atoms with Gasteiger partial charge in [0.05, 0.1) is 11.1 Å². The van der Waals surface area contributed by atoms with Crippen LogP contribution in [0.2, 0.25) is 5.02 Å². The molecule has 0 bridgehead atoms. The van der Waals surface area contributed by atoms with Gasteiger partial charge < -0.3 is 5.32 Å². The zero-order valence-electron chi connectivity index (χ0n) is 11.0. The van der Waals surface area contributed by atoms with Crippen LogP contribution in [0.3, 0.4) is 0 Å². The first-order chi connectivity index (χ1) is 9.13. The normalized spacial score (nSPS) is 12.6. The van der Waals surface area contributed by atoms with Gasteiger partial charge in [-0.3, -0.25) is 0 Å². The molecule has 1 N–H and O–H groups in total. The van der Waals surface area contributed by atoms with E-state index >= 15 is 0 Å². The van der Waals surface area contributed by atoms with Gasteiger partial charge in [0.1, 0.15) is 0 Å². The number of aryl methyl sites for hydroxylation is 1. The first-order valence-electron chi connectivity index (χ1n) is 6.35. The molecule has 2 aromatic rings. The van der Waals surface area contributed by atoms with E-state index in [0.717, 1.165) is 22.5 Å². The number of nitrogens with one attached hydrogen (secondary N) is 1. The van der Waals surface area contributed by atoms with Crippen LogP contribution in [0.25, 0.3) is 0 Å². The average Bonchev–Trinajstić information content (AvgIpc) is 2.80. The summed E-state index contributed by atoms with van der Waals surface area (Å²) in [5.74, 6) is 0. The lowest BCUT2D eigenvalue weighted by atomic mass is 9.99. The maximum atomic E-state index is 6.22. The van der Waals surface area contributed by atoms with Crippen LogP contribution in [-0.4, -0.2) is 6.54 Å². The predicted octanol–water partition coefficient (Wildman–Crippen LogP) is 5.56. The van der Waals surface area contributed by atoms with Gasteiger partial charge in [-0.1, -0.05) is 24.6 Å². The third-order valence-corrected chi connectivity index (χ3v) is 5.18. The topological polar surface area (TPSA) is 12.0 Å². The van der Waals surface area contributed by atoms with E-state index in [1.54, 1.807) is 11.3 Å². The van der Waals surface area contributed by atoms with Crippen molar-refractivity contribution < 1.29 is 0 Å². The molecular weight excluding hydrogens is 342 g/mol. The summed E-state index contributed by atoms with van der Waals surface area (Å²) in [5.41, 5.74) is 2.56. The van der Waals surface area contributed by atoms with E-state index in [4.69, 9.17) is 11.6 Å². The number of thiophene rings is 1. The molecule has 0 saturated carbocycles. The van der Waals surface area contributed by atoms with Crippen molar-refractivity contribution in [3.8, 4) is 0 Å². The third-order valence-electron chi connectivity index (χ3n) is 3.09. The van der Waals surface area contributed by atoms with Crippen LogP contribution in [0.5, 0.6) is 0 Å². The monoisotopic (exact) mass is 357 g/mol. The molecular formula is C15H17BrClNS. The molecule has 19 heavy (non-hydrogen) atoms. The van der Waals surface area contributed by atoms with Gasteiger partial charge in [-0.2, -0.15) is 0 Å². The van der Waals surface area contributed by atoms with Crippen LogP contribution < -0.4 is 5.32 Å². The van der Waals surface area contributed by atoms with Crippen LogP contribution in [-0.2, 0) is 0 Å². The summed E-state index contributed by atoms with van der Waals surface area (Å²) in [6.07, 6.45) is 1.12. The van der Waals surface area contributed by atoms with Crippen molar-refractivity contribution in [1.82, 2.24) is 5.32 Å². The van der Waals surface area contributed by atoms with E-state index in [0.29, 0.717) is 0 Å². The van der Waals surface area contributed by atoms with E-state index in [2.05, 4.69) is 52.6 Å². The van der Waals surface area contributed by atoms with E-state index in [9.17, 15) is 0 Å². The lowest BCUT2D eigenvalue weighted by Crippen LogP contribution is -2.23. The minimum atomic E-state index is 0.219. The molecule has 0 fully saturated rings. The zero-order chi connectivity index (χ0) is 13.8. The number of benzene rings is 1. The molecule has 1 nitrogen and oxygen atoms in total. The Labute approximate surface area is 132 Å². The van der Waals surface area contributed by atoms with Gasteiger partial charge in [0, 0.05) is 9.35 Å². The Bertz CT molecular complexity index is 553. The van der Waals surface area contributed by atoms with Crippen LogP contribution in [0.1, 0.15) is 35.4 Å². The fourth-order valence-corrected chi connectivity index (χ4v) is 3.26. The minimum absolute atomic E-state index is 0.219. The molecule has 1 aromatic carbocycles. The molecule has 2 rings (SSSR count). The van der Waals surface area contributed by atoms with Crippen LogP contribution in [0, 0.1) is 6.92 Å². The Morgan fingerprint density at radius 1 is 1.37 bits per heavy atom.